The van der Waals surface area contributed by atoms with Gasteiger partial charge in [0.2, 0.25) is 0 Å². The summed E-state index contributed by atoms with van der Waals surface area (Å²) in [4.78, 5) is 12.5. The number of nitrogens with zero attached hydrogens (tertiary/aromatic N) is 3. The summed E-state index contributed by atoms with van der Waals surface area (Å²) in [6.45, 7) is 5.52. The highest BCUT2D eigenvalue weighted by molar-refractivity contribution is 5.69. The third-order valence-electron chi connectivity index (χ3n) is 1.16. The number of hydrogen-bond donors (Lipinski definition) is 0. The smallest absolute Gasteiger partial charge is 0.330 e. The molecule has 0 bridgehead atoms. The van der Waals surface area contributed by atoms with E-state index in [9.17, 15) is 4.79 Å². The molecule has 0 unspecified atom stereocenters. The number of hydrogen-bond acceptors (Lipinski definition) is 4. The number of ether oxygens (including phenoxy) is 1. The van der Waals surface area contributed by atoms with Gasteiger partial charge in [-0.1, -0.05) is 0 Å². The lowest BCUT2D eigenvalue weighted by Gasteiger charge is -2.18. The van der Waals surface area contributed by atoms with Crippen LogP contribution in [0.15, 0.2) is 12.4 Å². The average molecular weight is 183 g/mol. The lowest BCUT2D eigenvalue weighted by atomic mass is 10.2. The standard InChI is InChI=1S/C8H13N3O2/c1-8(2,3)13-7(12)6-11-9-4-5-10-11/h4-5H,6H2,1-3H3. The number of aromatic nitrogens is 3. The Morgan fingerprint density at radius 1 is 1.38 bits per heavy atom. The molecule has 1 heterocycles. The van der Waals surface area contributed by atoms with Crippen LogP contribution in [0.2, 0.25) is 0 Å². The minimum Gasteiger partial charge on any atom is -0.459 e. The molecule has 5 nitrogen and oxygen atoms in total. The molecule has 0 spiro atoms. The molecule has 0 saturated carbocycles. The molecular weight excluding hydrogens is 170 g/mol. The second-order valence-electron chi connectivity index (χ2n) is 3.65. The molecule has 0 aromatic carbocycles. The van der Waals surface area contributed by atoms with E-state index in [-0.39, 0.29) is 12.5 Å². The molecule has 0 aliphatic carbocycles. The van der Waals surface area contributed by atoms with Crippen molar-refractivity contribution in [3.05, 3.63) is 12.4 Å². The maximum atomic E-state index is 11.2. The summed E-state index contributed by atoms with van der Waals surface area (Å²) in [5.41, 5.74) is -0.454. The van der Waals surface area contributed by atoms with E-state index in [2.05, 4.69) is 10.2 Å². The minimum atomic E-state index is -0.454. The van der Waals surface area contributed by atoms with Gasteiger partial charge in [-0.25, -0.2) is 4.79 Å². The Labute approximate surface area is 76.7 Å². The van der Waals surface area contributed by atoms with Crippen molar-refractivity contribution in [1.29, 1.82) is 0 Å². The first-order chi connectivity index (χ1) is 5.97. The van der Waals surface area contributed by atoms with Gasteiger partial charge in [0.15, 0.2) is 6.54 Å². The first kappa shape index (κ1) is 9.70. The first-order valence-corrected chi connectivity index (χ1v) is 4.03. The quantitative estimate of drug-likeness (QED) is 0.631. The monoisotopic (exact) mass is 183 g/mol. The summed E-state index contributed by atoms with van der Waals surface area (Å²) in [6.07, 6.45) is 3.04. The molecular formula is C8H13N3O2. The average Bonchev–Trinajstić information content (AvgIpc) is 2.34. The van der Waals surface area contributed by atoms with Crippen LogP contribution in [0.5, 0.6) is 0 Å². The molecule has 1 aromatic rings. The number of carbonyl (C=O) groups excluding carboxylic acids is 1. The van der Waals surface area contributed by atoms with Crippen molar-refractivity contribution in [2.45, 2.75) is 32.9 Å². The number of esters is 1. The summed E-state index contributed by atoms with van der Waals surface area (Å²) in [5.74, 6) is -0.330. The van der Waals surface area contributed by atoms with Gasteiger partial charge in [0.1, 0.15) is 5.60 Å². The Bertz CT molecular complexity index is 274. The van der Waals surface area contributed by atoms with E-state index >= 15 is 0 Å². The summed E-state index contributed by atoms with van der Waals surface area (Å²) in [5, 5.41) is 7.58. The Balaban J connectivity index is 2.43. The molecule has 0 saturated heterocycles. The predicted octanol–water partition coefficient (Wildman–Crippen LogP) is 0.620. The topological polar surface area (TPSA) is 57.0 Å². The van der Waals surface area contributed by atoms with Crippen molar-refractivity contribution in [2.24, 2.45) is 0 Å². The van der Waals surface area contributed by atoms with Crippen LogP contribution < -0.4 is 0 Å². The van der Waals surface area contributed by atoms with Gasteiger partial charge in [-0.3, -0.25) is 0 Å². The van der Waals surface area contributed by atoms with Gasteiger partial charge in [0, 0.05) is 0 Å². The number of rotatable bonds is 2. The maximum absolute atomic E-state index is 11.2. The normalized spacial score (nSPS) is 11.3. The van der Waals surface area contributed by atoms with Crippen LogP contribution in [-0.4, -0.2) is 26.6 Å². The lowest BCUT2D eigenvalue weighted by Crippen LogP contribution is -2.27. The van der Waals surface area contributed by atoms with Gasteiger partial charge in [-0.15, -0.1) is 0 Å². The van der Waals surface area contributed by atoms with Crippen LogP contribution in [0, 0.1) is 0 Å². The van der Waals surface area contributed by atoms with Crippen LogP contribution in [0.4, 0.5) is 0 Å². The van der Waals surface area contributed by atoms with Crippen LogP contribution in [0.25, 0.3) is 0 Å². The fourth-order valence-corrected chi connectivity index (χ4v) is 0.814. The van der Waals surface area contributed by atoms with Crippen molar-refractivity contribution < 1.29 is 9.53 Å². The fraction of sp³-hybridized carbons (Fsp3) is 0.625. The van der Waals surface area contributed by atoms with E-state index in [0.29, 0.717) is 0 Å². The first-order valence-electron chi connectivity index (χ1n) is 4.03. The molecule has 0 N–H and O–H groups in total. The molecule has 1 aromatic heterocycles. The molecule has 0 aliphatic rings. The molecule has 72 valence electrons. The van der Waals surface area contributed by atoms with Crippen molar-refractivity contribution in [1.82, 2.24) is 15.0 Å². The zero-order valence-corrected chi connectivity index (χ0v) is 8.02. The molecule has 0 atom stereocenters. The zero-order valence-electron chi connectivity index (χ0n) is 8.02. The summed E-state index contributed by atoms with van der Waals surface area (Å²) in [6, 6.07) is 0. The second kappa shape index (κ2) is 3.55. The molecule has 0 amide bonds. The highest BCUT2D eigenvalue weighted by atomic mass is 16.6. The molecule has 1 rings (SSSR count). The molecule has 5 heteroatoms. The van der Waals surface area contributed by atoms with Gasteiger partial charge >= 0.3 is 5.97 Å². The van der Waals surface area contributed by atoms with E-state index in [0.717, 1.165) is 0 Å². The maximum Gasteiger partial charge on any atom is 0.330 e. The van der Waals surface area contributed by atoms with Crippen molar-refractivity contribution in [2.75, 3.05) is 0 Å². The van der Waals surface area contributed by atoms with E-state index in [4.69, 9.17) is 4.74 Å². The van der Waals surface area contributed by atoms with Crippen LogP contribution in [0.3, 0.4) is 0 Å². The van der Waals surface area contributed by atoms with Crippen LogP contribution >= 0.6 is 0 Å². The summed E-state index contributed by atoms with van der Waals surface area (Å²) in [7, 11) is 0. The van der Waals surface area contributed by atoms with E-state index in [1.54, 1.807) is 0 Å². The highest BCUT2D eigenvalue weighted by Crippen LogP contribution is 2.06. The SMILES string of the molecule is CC(C)(C)OC(=O)Cn1nccn1. The second-order valence-corrected chi connectivity index (χ2v) is 3.65. The summed E-state index contributed by atoms with van der Waals surface area (Å²) >= 11 is 0. The van der Waals surface area contributed by atoms with Gasteiger partial charge in [0.25, 0.3) is 0 Å². The Morgan fingerprint density at radius 3 is 2.38 bits per heavy atom. The lowest BCUT2D eigenvalue weighted by molar-refractivity contribution is -0.156. The fourth-order valence-electron chi connectivity index (χ4n) is 0.814. The van der Waals surface area contributed by atoms with E-state index < -0.39 is 5.60 Å². The van der Waals surface area contributed by atoms with Crippen LogP contribution in [-0.2, 0) is 16.1 Å². The predicted molar refractivity (Wildman–Crippen MR) is 45.9 cm³/mol. The third kappa shape index (κ3) is 3.68. The highest BCUT2D eigenvalue weighted by Gasteiger charge is 2.16. The Hall–Kier alpha value is -1.39. The van der Waals surface area contributed by atoms with Gasteiger partial charge in [-0.05, 0) is 20.8 Å². The van der Waals surface area contributed by atoms with E-state index in [1.807, 2.05) is 20.8 Å². The Morgan fingerprint density at radius 2 is 1.92 bits per heavy atom. The molecule has 0 radical (unpaired) electrons. The van der Waals surface area contributed by atoms with Crippen molar-refractivity contribution in [3.8, 4) is 0 Å². The Kier molecular flexibility index (Phi) is 2.65. The minimum absolute atomic E-state index is 0.0598. The third-order valence-corrected chi connectivity index (χ3v) is 1.16. The number of carbonyl (C=O) groups is 1. The van der Waals surface area contributed by atoms with Crippen molar-refractivity contribution in [3.63, 3.8) is 0 Å². The molecule has 0 aliphatic heterocycles. The largest absolute Gasteiger partial charge is 0.459 e. The van der Waals surface area contributed by atoms with Crippen molar-refractivity contribution >= 4 is 5.97 Å². The van der Waals surface area contributed by atoms with Gasteiger partial charge in [-0.2, -0.15) is 15.0 Å². The van der Waals surface area contributed by atoms with E-state index in [1.165, 1.54) is 17.2 Å². The zero-order chi connectivity index (χ0) is 9.90. The van der Waals surface area contributed by atoms with Gasteiger partial charge in [0.05, 0.1) is 12.4 Å². The summed E-state index contributed by atoms with van der Waals surface area (Å²) < 4.78 is 5.07. The molecule has 13 heavy (non-hydrogen) atoms. The van der Waals surface area contributed by atoms with Crippen LogP contribution in [0.1, 0.15) is 20.8 Å². The van der Waals surface area contributed by atoms with Gasteiger partial charge < -0.3 is 4.74 Å². The molecule has 0 fully saturated rings.